The number of benzene rings is 1. The molecule has 0 radical (unpaired) electrons. The van der Waals surface area contributed by atoms with Crippen LogP contribution in [0.25, 0.3) is 0 Å². The highest BCUT2D eigenvalue weighted by Crippen LogP contribution is 2.42. The molecule has 3 aliphatic heterocycles. The lowest BCUT2D eigenvalue weighted by Gasteiger charge is -2.29. The highest BCUT2D eigenvalue weighted by molar-refractivity contribution is 6.07. The number of carbonyl (C=O) groups excluding carboxylic acids is 4. The lowest BCUT2D eigenvalue weighted by atomic mass is 9.97. The molecule has 0 aliphatic carbocycles. The average Bonchev–Trinajstić information content (AvgIpc) is 3.22. The Balaban J connectivity index is 1.73. The first-order chi connectivity index (χ1) is 14.1. The molecule has 4 amide bonds. The third-order valence-corrected chi connectivity index (χ3v) is 5.65. The van der Waals surface area contributed by atoms with Crippen molar-refractivity contribution in [1.29, 1.82) is 0 Å². The summed E-state index contributed by atoms with van der Waals surface area (Å²) in [4.78, 5) is 52.7. The topological polar surface area (TPSA) is 116 Å². The predicted molar refractivity (Wildman–Crippen MR) is 106 cm³/mol. The minimum atomic E-state index is -0.743. The number of ether oxygens (including phenoxy) is 1. The molecule has 1 fully saturated rings. The van der Waals surface area contributed by atoms with Crippen LogP contribution in [0.3, 0.4) is 0 Å². The van der Waals surface area contributed by atoms with Gasteiger partial charge in [0.05, 0.1) is 12.3 Å². The molecule has 9 nitrogen and oxygen atoms in total. The van der Waals surface area contributed by atoms with E-state index in [1.807, 2.05) is 0 Å². The molecule has 30 heavy (non-hydrogen) atoms. The number of aliphatic hydroxyl groups is 1. The van der Waals surface area contributed by atoms with Gasteiger partial charge < -0.3 is 14.7 Å². The number of hydrogen-bond acceptors (Lipinski definition) is 6. The fourth-order valence-corrected chi connectivity index (χ4v) is 4.37. The molecule has 3 heterocycles. The Kier molecular flexibility index (Phi) is 4.80. The Labute approximate surface area is 174 Å². The van der Waals surface area contributed by atoms with E-state index in [2.05, 4.69) is 5.32 Å². The summed E-state index contributed by atoms with van der Waals surface area (Å²) < 4.78 is 5.53. The van der Waals surface area contributed by atoms with Crippen molar-refractivity contribution < 1.29 is 29.0 Å². The van der Waals surface area contributed by atoms with Crippen LogP contribution in [0.4, 0.5) is 10.5 Å². The minimum Gasteiger partial charge on any atom is -0.443 e. The van der Waals surface area contributed by atoms with Gasteiger partial charge >= 0.3 is 6.09 Å². The second kappa shape index (κ2) is 7.09. The second-order valence-electron chi connectivity index (χ2n) is 8.83. The maximum absolute atomic E-state index is 13.1. The number of fused-ring (bicyclic) bond motifs is 3. The van der Waals surface area contributed by atoms with Gasteiger partial charge in [0.2, 0.25) is 11.8 Å². The molecule has 160 valence electrons. The molecule has 0 saturated carbocycles. The van der Waals surface area contributed by atoms with E-state index >= 15 is 0 Å². The molecule has 1 aromatic carbocycles. The summed E-state index contributed by atoms with van der Waals surface area (Å²) in [6.07, 6.45) is 0.464. The summed E-state index contributed by atoms with van der Waals surface area (Å²) in [6.45, 7) is 5.64. The highest BCUT2D eigenvalue weighted by atomic mass is 16.6. The van der Waals surface area contributed by atoms with Crippen molar-refractivity contribution in [2.45, 2.75) is 64.8 Å². The number of amides is 4. The monoisotopic (exact) mass is 415 g/mol. The van der Waals surface area contributed by atoms with Gasteiger partial charge in [-0.25, -0.2) is 4.79 Å². The van der Waals surface area contributed by atoms with E-state index in [1.54, 1.807) is 26.8 Å². The Hall–Kier alpha value is -2.94. The van der Waals surface area contributed by atoms with Crippen molar-refractivity contribution >= 4 is 29.5 Å². The van der Waals surface area contributed by atoms with E-state index in [0.717, 1.165) is 5.56 Å². The first-order valence-corrected chi connectivity index (χ1v) is 10.0. The average molecular weight is 415 g/mol. The largest absolute Gasteiger partial charge is 0.443 e. The normalized spacial score (nSPS) is 20.9. The Morgan fingerprint density at radius 3 is 2.60 bits per heavy atom. The predicted octanol–water partition coefficient (Wildman–Crippen LogP) is 1.24. The zero-order valence-corrected chi connectivity index (χ0v) is 17.3. The quantitative estimate of drug-likeness (QED) is 0.702. The van der Waals surface area contributed by atoms with Gasteiger partial charge in [-0.3, -0.25) is 24.6 Å². The van der Waals surface area contributed by atoms with E-state index in [1.165, 1.54) is 9.80 Å². The van der Waals surface area contributed by atoms with E-state index in [0.29, 0.717) is 35.3 Å². The summed E-state index contributed by atoms with van der Waals surface area (Å²) in [7, 11) is 0. The third kappa shape index (κ3) is 3.32. The Morgan fingerprint density at radius 1 is 1.23 bits per heavy atom. The molecular formula is C21H25N3O6. The van der Waals surface area contributed by atoms with Crippen molar-refractivity contribution in [2.75, 3.05) is 11.4 Å². The molecule has 0 aromatic heterocycles. The van der Waals surface area contributed by atoms with Crippen LogP contribution in [0.5, 0.6) is 0 Å². The Bertz CT molecular complexity index is 964. The van der Waals surface area contributed by atoms with Gasteiger partial charge in [-0.1, -0.05) is 0 Å². The molecule has 1 saturated heterocycles. The van der Waals surface area contributed by atoms with Crippen molar-refractivity contribution in [2.24, 2.45) is 0 Å². The molecule has 0 spiro atoms. The highest BCUT2D eigenvalue weighted by Gasteiger charge is 2.43. The minimum absolute atomic E-state index is 0.160. The smallest absolute Gasteiger partial charge is 0.414 e. The molecule has 1 aromatic rings. The number of anilines is 1. The standard InChI is InChI=1S/C21H25N3O6/c1-21(2,3)30-20(29)23-7-6-12-11(10-25)8-13-14(17(12)23)9-24(19(13)28)15-4-5-16(26)22-18(15)27/h8,15,25H,4-7,9-10H2,1-3H3,(H,22,26,27). The van der Waals surface area contributed by atoms with Gasteiger partial charge in [0, 0.05) is 30.6 Å². The van der Waals surface area contributed by atoms with Crippen molar-refractivity contribution in [3.63, 3.8) is 0 Å². The van der Waals surface area contributed by atoms with Crippen molar-refractivity contribution in [3.8, 4) is 0 Å². The molecule has 1 atom stereocenters. The number of nitrogens with zero attached hydrogens (tertiary/aromatic N) is 2. The number of carbonyl (C=O) groups is 4. The first-order valence-electron chi connectivity index (χ1n) is 10.0. The van der Waals surface area contributed by atoms with Gasteiger partial charge in [0.15, 0.2) is 0 Å². The Morgan fingerprint density at radius 2 is 1.97 bits per heavy atom. The summed E-state index contributed by atoms with van der Waals surface area (Å²) in [5.74, 6) is -1.18. The molecule has 9 heteroatoms. The van der Waals surface area contributed by atoms with E-state index in [9.17, 15) is 24.3 Å². The zero-order chi connectivity index (χ0) is 21.8. The number of nitrogens with one attached hydrogen (secondary N) is 1. The van der Waals surface area contributed by atoms with E-state index in [-0.39, 0.29) is 37.8 Å². The fraction of sp³-hybridized carbons (Fsp3) is 0.524. The second-order valence-corrected chi connectivity index (χ2v) is 8.83. The third-order valence-electron chi connectivity index (χ3n) is 5.65. The lowest BCUT2D eigenvalue weighted by molar-refractivity contribution is -0.136. The number of hydrogen-bond donors (Lipinski definition) is 2. The summed E-state index contributed by atoms with van der Waals surface area (Å²) in [5, 5.41) is 12.1. The maximum atomic E-state index is 13.1. The van der Waals surface area contributed by atoms with Gasteiger partial charge in [-0.05, 0) is 50.8 Å². The van der Waals surface area contributed by atoms with Gasteiger partial charge in [0.25, 0.3) is 5.91 Å². The van der Waals surface area contributed by atoms with Crippen LogP contribution >= 0.6 is 0 Å². The number of rotatable bonds is 2. The van der Waals surface area contributed by atoms with Crippen molar-refractivity contribution in [3.05, 3.63) is 28.3 Å². The van der Waals surface area contributed by atoms with E-state index < -0.39 is 23.6 Å². The zero-order valence-electron chi connectivity index (χ0n) is 17.3. The van der Waals surface area contributed by atoms with Crippen LogP contribution in [0, 0.1) is 0 Å². The van der Waals surface area contributed by atoms with Crippen molar-refractivity contribution in [1.82, 2.24) is 10.2 Å². The SMILES string of the molecule is CC(C)(C)OC(=O)N1CCc2c(CO)cc3c(c21)CN(C1CCC(=O)NC1=O)C3=O. The number of aliphatic hydroxyl groups excluding tert-OH is 1. The van der Waals surface area contributed by atoms with Gasteiger partial charge in [0.1, 0.15) is 11.6 Å². The maximum Gasteiger partial charge on any atom is 0.414 e. The first kappa shape index (κ1) is 20.3. The van der Waals surface area contributed by atoms with E-state index in [4.69, 9.17) is 4.74 Å². The number of imide groups is 1. The van der Waals surface area contributed by atoms with Crippen LogP contribution < -0.4 is 10.2 Å². The molecule has 2 N–H and O–H groups in total. The summed E-state index contributed by atoms with van der Waals surface area (Å²) >= 11 is 0. The van der Waals surface area contributed by atoms with Gasteiger partial charge in [-0.15, -0.1) is 0 Å². The van der Waals surface area contributed by atoms with Crippen LogP contribution in [-0.2, 0) is 33.9 Å². The lowest BCUT2D eigenvalue weighted by Crippen LogP contribution is -2.52. The van der Waals surface area contributed by atoms with Crippen LogP contribution in [0.15, 0.2) is 6.07 Å². The molecule has 0 bridgehead atoms. The van der Waals surface area contributed by atoms with Crippen LogP contribution in [0.1, 0.15) is 60.7 Å². The molecule has 3 aliphatic rings. The fourth-order valence-electron chi connectivity index (χ4n) is 4.37. The van der Waals surface area contributed by atoms with Crippen LogP contribution in [0.2, 0.25) is 0 Å². The molecular weight excluding hydrogens is 390 g/mol. The summed E-state index contributed by atoms with van der Waals surface area (Å²) in [5.41, 5.74) is 2.35. The van der Waals surface area contributed by atoms with Gasteiger partial charge in [-0.2, -0.15) is 0 Å². The molecule has 4 rings (SSSR count). The van der Waals surface area contributed by atoms with Crippen LogP contribution in [-0.4, -0.2) is 52.0 Å². The molecule has 1 unspecified atom stereocenters. The number of piperidine rings is 1. The summed E-state index contributed by atoms with van der Waals surface area (Å²) in [6, 6.07) is 0.910.